The maximum atomic E-state index is 13.0. The second kappa shape index (κ2) is 6.35. The van der Waals surface area contributed by atoms with Crippen LogP contribution in [-0.2, 0) is 6.54 Å². The Kier molecular flexibility index (Phi) is 3.91. The van der Waals surface area contributed by atoms with Gasteiger partial charge in [0.25, 0.3) is 5.91 Å². The van der Waals surface area contributed by atoms with Gasteiger partial charge in [0.1, 0.15) is 0 Å². The van der Waals surface area contributed by atoms with E-state index in [2.05, 4.69) is 5.10 Å². The van der Waals surface area contributed by atoms with Crippen molar-refractivity contribution < 1.29 is 4.79 Å². The molecule has 1 aliphatic heterocycles. The van der Waals surface area contributed by atoms with E-state index in [-0.39, 0.29) is 11.9 Å². The molecule has 0 N–H and O–H groups in total. The molecule has 1 aromatic carbocycles. The van der Waals surface area contributed by atoms with Gasteiger partial charge in [-0.3, -0.25) is 9.48 Å². The molecule has 3 heterocycles. The van der Waals surface area contributed by atoms with Crippen LogP contribution in [0.3, 0.4) is 0 Å². The number of benzene rings is 1. The molecule has 5 nitrogen and oxygen atoms in total. The summed E-state index contributed by atoms with van der Waals surface area (Å²) in [6, 6.07) is 13.9. The Bertz CT molecular complexity index is 808. The van der Waals surface area contributed by atoms with Gasteiger partial charge in [0, 0.05) is 42.6 Å². The Morgan fingerprint density at radius 1 is 1.12 bits per heavy atom. The maximum absolute atomic E-state index is 13.0. The summed E-state index contributed by atoms with van der Waals surface area (Å²) in [5, 5.41) is 4.27. The first kappa shape index (κ1) is 14.8. The molecule has 4 rings (SSSR count). The highest BCUT2D eigenvalue weighted by Gasteiger charge is 2.29. The Labute approximate surface area is 141 Å². The van der Waals surface area contributed by atoms with Gasteiger partial charge >= 0.3 is 0 Å². The monoisotopic (exact) mass is 320 g/mol. The Morgan fingerprint density at radius 3 is 2.79 bits per heavy atom. The van der Waals surface area contributed by atoms with Gasteiger partial charge in [-0.25, -0.2) is 0 Å². The predicted octanol–water partition coefficient (Wildman–Crippen LogP) is 2.98. The SMILES string of the molecule is O=C(c1cccc(-n2cccc2)c1)N1CCCC1Cn1cccn1. The van der Waals surface area contributed by atoms with E-state index >= 15 is 0 Å². The molecule has 0 aliphatic carbocycles. The van der Waals surface area contributed by atoms with Gasteiger partial charge < -0.3 is 9.47 Å². The Hall–Kier alpha value is -2.82. The summed E-state index contributed by atoms with van der Waals surface area (Å²) >= 11 is 0. The van der Waals surface area contributed by atoms with Crippen LogP contribution in [0, 0.1) is 0 Å². The average Bonchev–Trinajstić information content (AvgIpc) is 3.37. The quantitative estimate of drug-likeness (QED) is 0.742. The second-order valence-electron chi connectivity index (χ2n) is 6.16. The van der Waals surface area contributed by atoms with E-state index in [1.807, 2.05) is 75.2 Å². The van der Waals surface area contributed by atoms with Crippen molar-refractivity contribution in [3.63, 3.8) is 0 Å². The molecule has 0 saturated carbocycles. The number of rotatable bonds is 4. The van der Waals surface area contributed by atoms with Crippen LogP contribution < -0.4 is 0 Å². The first-order valence-corrected chi connectivity index (χ1v) is 8.33. The maximum Gasteiger partial charge on any atom is 0.254 e. The van der Waals surface area contributed by atoms with E-state index in [4.69, 9.17) is 0 Å². The van der Waals surface area contributed by atoms with Crippen LogP contribution in [0.2, 0.25) is 0 Å². The lowest BCUT2D eigenvalue weighted by molar-refractivity contribution is 0.0721. The van der Waals surface area contributed by atoms with Gasteiger partial charge in [-0.15, -0.1) is 0 Å². The highest BCUT2D eigenvalue weighted by molar-refractivity contribution is 5.95. The number of carbonyl (C=O) groups is 1. The fourth-order valence-corrected chi connectivity index (χ4v) is 3.39. The summed E-state index contributed by atoms with van der Waals surface area (Å²) in [5.41, 5.74) is 1.75. The topological polar surface area (TPSA) is 43.1 Å². The number of carbonyl (C=O) groups excluding carboxylic acids is 1. The fourth-order valence-electron chi connectivity index (χ4n) is 3.39. The molecule has 2 aromatic heterocycles. The second-order valence-corrected chi connectivity index (χ2v) is 6.16. The van der Waals surface area contributed by atoms with Gasteiger partial charge in [0.05, 0.1) is 12.6 Å². The van der Waals surface area contributed by atoms with Gasteiger partial charge in [0.2, 0.25) is 0 Å². The predicted molar refractivity (Wildman–Crippen MR) is 92.1 cm³/mol. The molecule has 24 heavy (non-hydrogen) atoms. The highest BCUT2D eigenvalue weighted by atomic mass is 16.2. The molecule has 0 radical (unpaired) electrons. The molecule has 0 spiro atoms. The molecule has 0 bridgehead atoms. The summed E-state index contributed by atoms with van der Waals surface area (Å²) < 4.78 is 3.93. The molecule has 1 fully saturated rings. The molecule has 1 aliphatic rings. The summed E-state index contributed by atoms with van der Waals surface area (Å²) in [7, 11) is 0. The van der Waals surface area contributed by atoms with Gasteiger partial charge in [-0.2, -0.15) is 5.10 Å². The van der Waals surface area contributed by atoms with Crippen LogP contribution in [0.5, 0.6) is 0 Å². The van der Waals surface area contributed by atoms with Crippen LogP contribution >= 0.6 is 0 Å². The van der Waals surface area contributed by atoms with E-state index in [9.17, 15) is 4.79 Å². The van der Waals surface area contributed by atoms with Crippen molar-refractivity contribution in [2.75, 3.05) is 6.54 Å². The summed E-state index contributed by atoms with van der Waals surface area (Å²) in [6.07, 6.45) is 9.78. The average molecular weight is 320 g/mol. The van der Waals surface area contributed by atoms with Gasteiger partial charge in [-0.1, -0.05) is 6.07 Å². The number of hydrogen-bond acceptors (Lipinski definition) is 2. The van der Waals surface area contributed by atoms with E-state index in [1.54, 1.807) is 6.20 Å². The standard InChI is InChI=1S/C19H20N4O/c24-19(16-6-3-7-17(14-16)21-10-1-2-11-21)23-13-4-8-18(23)15-22-12-5-9-20-22/h1-3,5-7,9-12,14,18H,4,8,13,15H2. The van der Waals surface area contributed by atoms with Crippen LogP contribution in [0.15, 0.2) is 67.3 Å². The zero-order valence-corrected chi connectivity index (χ0v) is 13.5. The van der Waals surface area contributed by atoms with Crippen molar-refractivity contribution in [1.82, 2.24) is 19.2 Å². The first-order valence-electron chi connectivity index (χ1n) is 8.33. The Balaban J connectivity index is 1.55. The van der Waals surface area contributed by atoms with Crippen LogP contribution in [-0.4, -0.2) is 37.7 Å². The minimum atomic E-state index is 0.110. The van der Waals surface area contributed by atoms with E-state index in [0.29, 0.717) is 0 Å². The van der Waals surface area contributed by atoms with Crippen LogP contribution in [0.1, 0.15) is 23.2 Å². The van der Waals surface area contributed by atoms with Gasteiger partial charge in [0.15, 0.2) is 0 Å². The van der Waals surface area contributed by atoms with Gasteiger partial charge in [-0.05, 0) is 49.2 Å². The van der Waals surface area contributed by atoms with Crippen molar-refractivity contribution in [3.05, 3.63) is 72.8 Å². The molecule has 122 valence electrons. The highest BCUT2D eigenvalue weighted by Crippen LogP contribution is 2.22. The first-order chi connectivity index (χ1) is 11.8. The minimum Gasteiger partial charge on any atom is -0.334 e. The van der Waals surface area contributed by atoms with E-state index < -0.39 is 0 Å². The zero-order valence-electron chi connectivity index (χ0n) is 13.5. The number of amides is 1. The molecule has 1 saturated heterocycles. The lowest BCUT2D eigenvalue weighted by Crippen LogP contribution is -2.38. The number of hydrogen-bond donors (Lipinski definition) is 0. The van der Waals surface area contributed by atoms with Crippen LogP contribution in [0.4, 0.5) is 0 Å². The molecule has 1 amide bonds. The summed E-state index contributed by atoms with van der Waals surface area (Å²) in [5.74, 6) is 0.110. The number of likely N-dealkylation sites (tertiary alicyclic amines) is 1. The molecule has 3 aromatic rings. The molecule has 5 heteroatoms. The fraction of sp³-hybridized carbons (Fsp3) is 0.263. The lowest BCUT2D eigenvalue weighted by atomic mass is 10.1. The van der Waals surface area contributed by atoms with Crippen molar-refractivity contribution in [2.45, 2.75) is 25.4 Å². The molecule has 1 unspecified atom stereocenters. The molecule has 1 atom stereocenters. The largest absolute Gasteiger partial charge is 0.334 e. The number of nitrogens with zero attached hydrogens (tertiary/aromatic N) is 4. The smallest absolute Gasteiger partial charge is 0.254 e. The zero-order chi connectivity index (χ0) is 16.4. The molecular weight excluding hydrogens is 300 g/mol. The number of aromatic nitrogens is 3. The van der Waals surface area contributed by atoms with E-state index in [1.165, 1.54) is 0 Å². The third-order valence-corrected chi connectivity index (χ3v) is 4.59. The molecular formula is C19H20N4O. The van der Waals surface area contributed by atoms with Crippen molar-refractivity contribution in [1.29, 1.82) is 0 Å². The third kappa shape index (κ3) is 2.85. The summed E-state index contributed by atoms with van der Waals surface area (Å²) in [6.45, 7) is 1.58. The summed E-state index contributed by atoms with van der Waals surface area (Å²) in [4.78, 5) is 15.0. The van der Waals surface area contributed by atoms with Crippen molar-refractivity contribution in [3.8, 4) is 5.69 Å². The van der Waals surface area contributed by atoms with Crippen molar-refractivity contribution >= 4 is 5.91 Å². The van der Waals surface area contributed by atoms with Crippen LogP contribution in [0.25, 0.3) is 5.69 Å². The minimum absolute atomic E-state index is 0.110. The third-order valence-electron chi connectivity index (χ3n) is 4.59. The Morgan fingerprint density at radius 2 is 2.00 bits per heavy atom. The lowest BCUT2D eigenvalue weighted by Gasteiger charge is -2.25. The van der Waals surface area contributed by atoms with E-state index in [0.717, 1.165) is 37.2 Å². The normalized spacial score (nSPS) is 17.3. The van der Waals surface area contributed by atoms with Crippen molar-refractivity contribution in [2.24, 2.45) is 0 Å².